The fraction of sp³-hybridized carbons (Fsp3) is 0.231. The first-order valence-electron chi connectivity index (χ1n) is 10.5. The van der Waals surface area contributed by atoms with Crippen molar-refractivity contribution in [2.24, 2.45) is 0 Å². The Morgan fingerprint density at radius 2 is 1.67 bits per heavy atom. The number of anilines is 2. The Bertz CT molecular complexity index is 1150. The lowest BCUT2D eigenvalue weighted by Crippen LogP contribution is -2.24. The van der Waals surface area contributed by atoms with E-state index in [0.29, 0.717) is 12.0 Å². The normalized spacial score (nSPS) is 15.0. The highest BCUT2D eigenvalue weighted by molar-refractivity contribution is 6.05. The molecular weight excluding hydrogens is 372 g/mol. The van der Waals surface area contributed by atoms with Crippen molar-refractivity contribution < 1.29 is 9.59 Å². The standard InChI is InChI=1S/C26H24N2O2/c1-28-14-2-3-18-8-11-22(16-24(18)28)27-26(30)19-6-4-17(5-7-19)20-9-12-23-21(15-20)10-13-25(23)29/h4-9,11-12,15-16H,2-3,10,13-14H2,1H3,(H,27,30). The number of carbonyl (C=O) groups is 2. The highest BCUT2D eigenvalue weighted by Crippen LogP contribution is 2.30. The number of aryl methyl sites for hydroxylation is 2. The quantitative estimate of drug-likeness (QED) is 0.669. The molecule has 0 saturated carbocycles. The summed E-state index contributed by atoms with van der Waals surface area (Å²) in [6.07, 6.45) is 3.68. The molecule has 1 aliphatic heterocycles. The number of rotatable bonds is 3. The van der Waals surface area contributed by atoms with E-state index in [-0.39, 0.29) is 11.7 Å². The summed E-state index contributed by atoms with van der Waals surface area (Å²) in [4.78, 5) is 26.8. The summed E-state index contributed by atoms with van der Waals surface area (Å²) in [5.74, 6) is 0.122. The molecule has 0 unspecified atom stereocenters. The number of amides is 1. The first-order valence-corrected chi connectivity index (χ1v) is 10.5. The Labute approximate surface area is 176 Å². The average Bonchev–Trinajstić information content (AvgIpc) is 3.14. The zero-order chi connectivity index (χ0) is 20.7. The predicted molar refractivity (Wildman–Crippen MR) is 121 cm³/mol. The number of fused-ring (bicyclic) bond motifs is 2. The van der Waals surface area contributed by atoms with Gasteiger partial charge in [-0.1, -0.05) is 36.4 Å². The van der Waals surface area contributed by atoms with Gasteiger partial charge in [0.2, 0.25) is 0 Å². The molecule has 3 aromatic carbocycles. The highest BCUT2D eigenvalue weighted by atomic mass is 16.1. The van der Waals surface area contributed by atoms with Crippen LogP contribution in [-0.2, 0) is 12.8 Å². The second kappa shape index (κ2) is 7.45. The largest absolute Gasteiger partial charge is 0.374 e. The van der Waals surface area contributed by atoms with E-state index in [1.165, 1.54) is 17.7 Å². The average molecular weight is 396 g/mol. The third kappa shape index (κ3) is 3.39. The van der Waals surface area contributed by atoms with Gasteiger partial charge in [-0.15, -0.1) is 0 Å². The lowest BCUT2D eigenvalue weighted by molar-refractivity contribution is 0.0992. The molecule has 3 aromatic rings. The molecule has 150 valence electrons. The summed E-state index contributed by atoms with van der Waals surface area (Å²) in [7, 11) is 2.09. The topological polar surface area (TPSA) is 49.4 Å². The maximum atomic E-state index is 12.7. The molecule has 2 aliphatic rings. The first-order chi connectivity index (χ1) is 14.6. The molecule has 0 saturated heterocycles. The number of hydrogen-bond donors (Lipinski definition) is 1. The first kappa shape index (κ1) is 18.6. The SMILES string of the molecule is CN1CCCc2ccc(NC(=O)c3ccc(-c4ccc5c(c4)CCC5=O)cc3)cc21. The number of carbonyl (C=O) groups excluding carboxylic acids is 2. The van der Waals surface area contributed by atoms with Crippen molar-refractivity contribution in [3.8, 4) is 11.1 Å². The van der Waals surface area contributed by atoms with Gasteiger partial charge in [0.05, 0.1) is 0 Å². The van der Waals surface area contributed by atoms with E-state index < -0.39 is 0 Å². The number of Topliss-reactive ketones (excluding diaryl/α,β-unsaturated/α-hetero) is 1. The summed E-state index contributed by atoms with van der Waals surface area (Å²) in [5, 5.41) is 3.02. The minimum Gasteiger partial charge on any atom is -0.374 e. The molecule has 0 bridgehead atoms. The van der Waals surface area contributed by atoms with Crippen LogP contribution >= 0.6 is 0 Å². The van der Waals surface area contributed by atoms with E-state index in [1.54, 1.807) is 0 Å². The Balaban J connectivity index is 1.33. The lowest BCUT2D eigenvalue weighted by atomic mass is 9.99. The van der Waals surface area contributed by atoms with E-state index in [4.69, 9.17) is 0 Å². The molecule has 1 amide bonds. The van der Waals surface area contributed by atoms with Crippen LogP contribution in [0, 0.1) is 0 Å². The van der Waals surface area contributed by atoms with E-state index in [1.807, 2.05) is 42.5 Å². The summed E-state index contributed by atoms with van der Waals surface area (Å²) in [5.41, 5.74) is 8.08. The van der Waals surface area contributed by atoms with Crippen LogP contribution in [0.15, 0.2) is 60.7 Å². The van der Waals surface area contributed by atoms with E-state index >= 15 is 0 Å². The van der Waals surface area contributed by atoms with Gasteiger partial charge in [-0.3, -0.25) is 9.59 Å². The Morgan fingerprint density at radius 1 is 0.867 bits per heavy atom. The van der Waals surface area contributed by atoms with Crippen LogP contribution in [0.5, 0.6) is 0 Å². The molecule has 5 rings (SSSR count). The maximum absolute atomic E-state index is 12.7. The molecule has 0 aromatic heterocycles. The number of hydrogen-bond acceptors (Lipinski definition) is 3. The van der Waals surface area contributed by atoms with Crippen LogP contribution in [0.4, 0.5) is 11.4 Å². The monoisotopic (exact) mass is 396 g/mol. The van der Waals surface area contributed by atoms with Gasteiger partial charge in [0.25, 0.3) is 5.91 Å². The van der Waals surface area contributed by atoms with Crippen LogP contribution in [-0.4, -0.2) is 25.3 Å². The van der Waals surface area contributed by atoms with Gasteiger partial charge in [-0.05, 0) is 65.8 Å². The molecule has 30 heavy (non-hydrogen) atoms. The van der Waals surface area contributed by atoms with E-state index in [0.717, 1.165) is 47.3 Å². The highest BCUT2D eigenvalue weighted by Gasteiger charge is 2.19. The predicted octanol–water partition coefficient (Wildman–Crippen LogP) is 5.12. The molecule has 4 nitrogen and oxygen atoms in total. The Morgan fingerprint density at radius 3 is 2.50 bits per heavy atom. The minimum atomic E-state index is -0.112. The van der Waals surface area contributed by atoms with Gasteiger partial charge >= 0.3 is 0 Å². The van der Waals surface area contributed by atoms with Gasteiger partial charge in [0.15, 0.2) is 5.78 Å². The fourth-order valence-electron chi connectivity index (χ4n) is 4.49. The lowest BCUT2D eigenvalue weighted by Gasteiger charge is -2.28. The van der Waals surface area contributed by atoms with Crippen molar-refractivity contribution in [1.29, 1.82) is 0 Å². The Kier molecular flexibility index (Phi) is 4.62. The summed E-state index contributed by atoms with van der Waals surface area (Å²) in [6.45, 7) is 1.04. The molecule has 4 heteroatoms. The van der Waals surface area contributed by atoms with Crippen molar-refractivity contribution in [2.75, 3.05) is 23.8 Å². The number of benzene rings is 3. The van der Waals surface area contributed by atoms with Crippen molar-refractivity contribution in [3.63, 3.8) is 0 Å². The summed E-state index contributed by atoms with van der Waals surface area (Å²) >= 11 is 0. The van der Waals surface area contributed by atoms with Crippen molar-refractivity contribution >= 4 is 23.1 Å². The molecule has 1 heterocycles. The third-order valence-corrected chi connectivity index (χ3v) is 6.20. The second-order valence-electron chi connectivity index (χ2n) is 8.20. The molecule has 1 aliphatic carbocycles. The van der Waals surface area contributed by atoms with Gasteiger partial charge in [0, 0.05) is 42.5 Å². The maximum Gasteiger partial charge on any atom is 0.255 e. The van der Waals surface area contributed by atoms with Crippen molar-refractivity contribution in [3.05, 3.63) is 82.9 Å². The zero-order valence-corrected chi connectivity index (χ0v) is 17.1. The van der Waals surface area contributed by atoms with Crippen LogP contribution < -0.4 is 10.2 Å². The zero-order valence-electron chi connectivity index (χ0n) is 17.1. The third-order valence-electron chi connectivity index (χ3n) is 6.20. The van der Waals surface area contributed by atoms with Crippen LogP contribution in [0.25, 0.3) is 11.1 Å². The molecule has 1 N–H and O–H groups in total. The minimum absolute atomic E-state index is 0.112. The molecule has 0 radical (unpaired) electrons. The van der Waals surface area contributed by atoms with Gasteiger partial charge < -0.3 is 10.2 Å². The Hall–Kier alpha value is -3.40. The van der Waals surface area contributed by atoms with Crippen LogP contribution in [0.1, 0.15) is 44.7 Å². The van der Waals surface area contributed by atoms with Crippen molar-refractivity contribution in [1.82, 2.24) is 0 Å². The van der Waals surface area contributed by atoms with Gasteiger partial charge in [-0.25, -0.2) is 0 Å². The number of nitrogens with one attached hydrogen (secondary N) is 1. The second-order valence-corrected chi connectivity index (χ2v) is 8.20. The molecule has 0 spiro atoms. The molecule has 0 atom stereocenters. The number of nitrogens with zero attached hydrogens (tertiary/aromatic N) is 1. The summed E-state index contributed by atoms with van der Waals surface area (Å²) in [6, 6.07) is 19.8. The van der Waals surface area contributed by atoms with E-state index in [9.17, 15) is 9.59 Å². The van der Waals surface area contributed by atoms with Crippen LogP contribution in [0.3, 0.4) is 0 Å². The van der Waals surface area contributed by atoms with E-state index in [2.05, 4.69) is 35.5 Å². The van der Waals surface area contributed by atoms with Crippen molar-refractivity contribution in [2.45, 2.75) is 25.7 Å². The number of ketones is 1. The smallest absolute Gasteiger partial charge is 0.255 e. The van der Waals surface area contributed by atoms with Gasteiger partial charge in [-0.2, -0.15) is 0 Å². The fourth-order valence-corrected chi connectivity index (χ4v) is 4.49. The summed E-state index contributed by atoms with van der Waals surface area (Å²) < 4.78 is 0. The molecular formula is C26H24N2O2. The van der Waals surface area contributed by atoms with Gasteiger partial charge in [0.1, 0.15) is 0 Å². The molecule has 0 fully saturated rings. The van der Waals surface area contributed by atoms with Crippen LogP contribution in [0.2, 0.25) is 0 Å².